The molecular formula is C14H24N4O. The van der Waals surface area contributed by atoms with Crippen LogP contribution < -0.4 is 10.2 Å². The fourth-order valence-electron chi connectivity index (χ4n) is 2.24. The number of ether oxygens (including phenoxy) is 1. The third kappa shape index (κ3) is 4.35. The van der Waals surface area contributed by atoms with Gasteiger partial charge in [0.15, 0.2) is 0 Å². The first kappa shape index (κ1) is 14.1. The lowest BCUT2D eigenvalue weighted by atomic mass is 10.00. The zero-order chi connectivity index (χ0) is 13.5. The number of aromatic nitrogens is 2. The summed E-state index contributed by atoms with van der Waals surface area (Å²) < 4.78 is 5.03. The minimum atomic E-state index is 0.773. The van der Waals surface area contributed by atoms with Gasteiger partial charge < -0.3 is 15.0 Å². The minimum absolute atomic E-state index is 0.773. The van der Waals surface area contributed by atoms with Gasteiger partial charge in [-0.3, -0.25) is 0 Å². The lowest BCUT2D eigenvalue weighted by Crippen LogP contribution is -2.34. The van der Waals surface area contributed by atoms with Crippen molar-refractivity contribution in [3.63, 3.8) is 0 Å². The van der Waals surface area contributed by atoms with E-state index in [1.54, 1.807) is 7.11 Å². The van der Waals surface area contributed by atoms with Crippen molar-refractivity contribution in [2.24, 2.45) is 5.92 Å². The average Bonchev–Trinajstić information content (AvgIpc) is 2.45. The molecule has 0 atom stereocenters. The summed E-state index contributed by atoms with van der Waals surface area (Å²) >= 11 is 0. The van der Waals surface area contributed by atoms with Crippen LogP contribution in [0.3, 0.4) is 0 Å². The van der Waals surface area contributed by atoms with Crippen LogP contribution in [0.1, 0.15) is 26.2 Å². The topological polar surface area (TPSA) is 50.3 Å². The van der Waals surface area contributed by atoms with Crippen molar-refractivity contribution >= 4 is 11.8 Å². The highest BCUT2D eigenvalue weighted by molar-refractivity contribution is 5.41. The van der Waals surface area contributed by atoms with E-state index in [4.69, 9.17) is 4.74 Å². The number of nitrogens with zero attached hydrogens (tertiary/aromatic N) is 3. The van der Waals surface area contributed by atoms with Gasteiger partial charge >= 0.3 is 0 Å². The number of methoxy groups -OCH3 is 1. The van der Waals surface area contributed by atoms with Crippen LogP contribution >= 0.6 is 0 Å². The summed E-state index contributed by atoms with van der Waals surface area (Å²) in [4.78, 5) is 11.2. The minimum Gasteiger partial charge on any atom is -0.385 e. The summed E-state index contributed by atoms with van der Waals surface area (Å²) in [5.41, 5.74) is 0. The first-order valence-corrected chi connectivity index (χ1v) is 7.10. The van der Waals surface area contributed by atoms with Gasteiger partial charge in [0.1, 0.15) is 5.82 Å². The maximum absolute atomic E-state index is 5.03. The van der Waals surface area contributed by atoms with Crippen molar-refractivity contribution < 1.29 is 4.74 Å². The zero-order valence-electron chi connectivity index (χ0n) is 11.9. The molecule has 1 fully saturated rings. The van der Waals surface area contributed by atoms with E-state index in [9.17, 15) is 0 Å². The van der Waals surface area contributed by atoms with Gasteiger partial charge in [-0.2, -0.15) is 4.98 Å². The molecule has 0 radical (unpaired) electrons. The monoisotopic (exact) mass is 264 g/mol. The van der Waals surface area contributed by atoms with Gasteiger partial charge in [0.2, 0.25) is 5.95 Å². The van der Waals surface area contributed by atoms with Crippen LogP contribution in [-0.2, 0) is 4.74 Å². The molecule has 0 spiro atoms. The molecule has 106 valence electrons. The fourth-order valence-corrected chi connectivity index (χ4v) is 2.24. The van der Waals surface area contributed by atoms with E-state index in [0.29, 0.717) is 0 Å². The second-order valence-corrected chi connectivity index (χ2v) is 5.18. The van der Waals surface area contributed by atoms with Crippen LogP contribution in [0.5, 0.6) is 0 Å². The van der Waals surface area contributed by atoms with Crippen LogP contribution in [0.25, 0.3) is 0 Å². The highest BCUT2D eigenvalue weighted by Crippen LogP contribution is 2.20. The van der Waals surface area contributed by atoms with E-state index < -0.39 is 0 Å². The number of piperidine rings is 1. The third-order valence-electron chi connectivity index (χ3n) is 3.54. The molecule has 1 aromatic heterocycles. The first-order valence-electron chi connectivity index (χ1n) is 7.10. The Hall–Kier alpha value is -1.36. The van der Waals surface area contributed by atoms with E-state index in [1.807, 2.05) is 12.3 Å². The van der Waals surface area contributed by atoms with Gasteiger partial charge in [-0.25, -0.2) is 4.98 Å². The van der Waals surface area contributed by atoms with Gasteiger partial charge in [-0.15, -0.1) is 0 Å². The van der Waals surface area contributed by atoms with Gasteiger partial charge in [-0.05, 0) is 31.2 Å². The maximum Gasteiger partial charge on any atom is 0.227 e. The van der Waals surface area contributed by atoms with E-state index in [-0.39, 0.29) is 0 Å². The van der Waals surface area contributed by atoms with Crippen LogP contribution in [0.4, 0.5) is 11.8 Å². The van der Waals surface area contributed by atoms with Gasteiger partial charge in [0.25, 0.3) is 0 Å². The molecule has 1 aromatic rings. The molecule has 5 heteroatoms. The lowest BCUT2D eigenvalue weighted by molar-refractivity contribution is 0.198. The molecule has 0 saturated carbocycles. The summed E-state index contributed by atoms with van der Waals surface area (Å²) in [6, 6.07) is 1.92. The van der Waals surface area contributed by atoms with Gasteiger partial charge in [0.05, 0.1) is 0 Å². The molecule has 0 aromatic carbocycles. The normalized spacial score (nSPS) is 16.6. The van der Waals surface area contributed by atoms with Crippen LogP contribution in [0.2, 0.25) is 0 Å². The lowest BCUT2D eigenvalue weighted by Gasteiger charge is -2.30. The van der Waals surface area contributed by atoms with Crippen LogP contribution in [0, 0.1) is 5.92 Å². The summed E-state index contributed by atoms with van der Waals surface area (Å²) in [6.07, 6.45) is 5.28. The fraction of sp³-hybridized carbons (Fsp3) is 0.714. The average molecular weight is 264 g/mol. The van der Waals surface area contributed by atoms with E-state index in [2.05, 4.69) is 27.1 Å². The highest BCUT2D eigenvalue weighted by Gasteiger charge is 2.17. The summed E-state index contributed by atoms with van der Waals surface area (Å²) in [7, 11) is 1.72. The summed E-state index contributed by atoms with van der Waals surface area (Å²) in [6.45, 7) is 6.09. The van der Waals surface area contributed by atoms with Crippen molar-refractivity contribution in [3.05, 3.63) is 12.3 Å². The molecule has 2 heterocycles. The molecule has 0 amide bonds. The van der Waals surface area contributed by atoms with Gasteiger partial charge in [-0.1, -0.05) is 6.92 Å². The van der Waals surface area contributed by atoms with E-state index in [0.717, 1.165) is 50.3 Å². The molecule has 19 heavy (non-hydrogen) atoms. The summed E-state index contributed by atoms with van der Waals surface area (Å²) in [5.74, 6) is 2.58. The molecule has 5 nitrogen and oxygen atoms in total. The van der Waals surface area contributed by atoms with Crippen LogP contribution in [0.15, 0.2) is 12.3 Å². The maximum atomic E-state index is 5.03. The molecule has 0 unspecified atom stereocenters. The van der Waals surface area contributed by atoms with Crippen LogP contribution in [-0.4, -0.2) is 43.3 Å². The first-order chi connectivity index (χ1) is 9.29. The van der Waals surface area contributed by atoms with Crippen molar-refractivity contribution in [2.45, 2.75) is 26.2 Å². The smallest absolute Gasteiger partial charge is 0.227 e. The number of anilines is 2. The Kier molecular flexibility index (Phi) is 5.39. The molecule has 1 aliphatic rings. The molecule has 0 bridgehead atoms. The van der Waals surface area contributed by atoms with Gasteiger partial charge in [0, 0.05) is 39.5 Å². The SMILES string of the molecule is COCCCNc1ccnc(N2CCC(C)CC2)n1. The molecule has 1 N–H and O–H groups in total. The van der Waals surface area contributed by atoms with Crippen molar-refractivity contribution in [2.75, 3.05) is 43.6 Å². The molecule has 2 rings (SSSR count). The Balaban J connectivity index is 1.87. The standard InChI is InChI=1S/C14H24N4O/c1-12-5-9-18(10-6-12)14-16-8-4-13(17-14)15-7-3-11-19-2/h4,8,12H,3,5-7,9-11H2,1-2H3,(H,15,16,17). The predicted octanol–water partition coefficient (Wildman–Crippen LogP) is 2.16. The number of hydrogen-bond acceptors (Lipinski definition) is 5. The zero-order valence-corrected chi connectivity index (χ0v) is 11.9. The number of rotatable bonds is 6. The Bertz CT molecular complexity index is 377. The molecular weight excluding hydrogens is 240 g/mol. The molecule has 0 aliphatic carbocycles. The quantitative estimate of drug-likeness (QED) is 0.798. The molecule has 1 aliphatic heterocycles. The van der Waals surface area contributed by atoms with E-state index >= 15 is 0 Å². The largest absolute Gasteiger partial charge is 0.385 e. The Morgan fingerprint density at radius 1 is 1.42 bits per heavy atom. The molecule has 1 saturated heterocycles. The Morgan fingerprint density at radius 2 is 2.21 bits per heavy atom. The van der Waals surface area contributed by atoms with E-state index in [1.165, 1.54) is 12.8 Å². The van der Waals surface area contributed by atoms with Crippen molar-refractivity contribution in [1.29, 1.82) is 0 Å². The predicted molar refractivity (Wildman–Crippen MR) is 77.6 cm³/mol. The summed E-state index contributed by atoms with van der Waals surface area (Å²) in [5, 5.41) is 3.31. The third-order valence-corrected chi connectivity index (χ3v) is 3.54. The highest BCUT2D eigenvalue weighted by atomic mass is 16.5. The second-order valence-electron chi connectivity index (χ2n) is 5.18. The Labute approximate surface area is 115 Å². The second kappa shape index (κ2) is 7.28. The number of hydrogen-bond donors (Lipinski definition) is 1. The number of nitrogens with one attached hydrogen (secondary N) is 1. The van der Waals surface area contributed by atoms with Crippen molar-refractivity contribution in [3.8, 4) is 0 Å². The van der Waals surface area contributed by atoms with Crippen molar-refractivity contribution in [1.82, 2.24) is 9.97 Å². The Morgan fingerprint density at radius 3 is 2.95 bits per heavy atom.